The topological polar surface area (TPSA) is 76.3 Å². The lowest BCUT2D eigenvalue weighted by Crippen LogP contribution is -2.17. The highest BCUT2D eigenvalue weighted by atomic mass is 32.2. The maximum atomic E-state index is 11.3. The van der Waals surface area contributed by atoms with Gasteiger partial charge in [-0.15, -0.1) is 0 Å². The van der Waals surface area contributed by atoms with Gasteiger partial charge in [0.25, 0.3) is 0 Å². The van der Waals surface area contributed by atoms with Crippen molar-refractivity contribution in [3.05, 3.63) is 58.4 Å². The summed E-state index contributed by atoms with van der Waals surface area (Å²) in [7, 11) is 0.779. The minimum absolute atomic E-state index is 0.0220. The Hall–Kier alpha value is -2.28. The summed E-state index contributed by atoms with van der Waals surface area (Å²) >= 11 is 0. The smallest absolute Gasteiger partial charge is 0.310 e. The highest BCUT2D eigenvalue weighted by Gasteiger charge is 2.16. The second-order valence-electron chi connectivity index (χ2n) is 4.58. The molecule has 6 nitrogen and oxygen atoms in total. The number of benzene rings is 1. The van der Waals surface area contributed by atoms with Crippen LogP contribution in [0.15, 0.2) is 47.6 Å². The van der Waals surface area contributed by atoms with Crippen LogP contribution < -0.4 is 4.90 Å². The number of hydrogen-bond acceptors (Lipinski definition) is 5. The van der Waals surface area contributed by atoms with Crippen LogP contribution in [0.25, 0.3) is 0 Å². The summed E-state index contributed by atoms with van der Waals surface area (Å²) in [6.07, 6.45) is 4.40. The Balaban J connectivity index is 2.20. The van der Waals surface area contributed by atoms with Crippen LogP contribution in [-0.4, -0.2) is 27.4 Å². The van der Waals surface area contributed by atoms with Crippen molar-refractivity contribution >= 4 is 22.2 Å². The van der Waals surface area contributed by atoms with Gasteiger partial charge in [-0.2, -0.15) is 0 Å². The summed E-state index contributed by atoms with van der Waals surface area (Å²) in [4.78, 5) is 16.9. The van der Waals surface area contributed by atoms with E-state index in [-0.39, 0.29) is 5.69 Å². The number of nitro groups is 1. The monoisotopic (exact) mass is 305 g/mol. The van der Waals surface area contributed by atoms with Crippen molar-refractivity contribution < 1.29 is 9.13 Å². The van der Waals surface area contributed by atoms with Crippen LogP contribution in [0.2, 0.25) is 0 Å². The molecule has 1 heterocycles. The van der Waals surface area contributed by atoms with Crippen LogP contribution in [-0.2, 0) is 17.3 Å². The summed E-state index contributed by atoms with van der Waals surface area (Å²) in [6, 6.07) is 8.98. The van der Waals surface area contributed by atoms with Crippen LogP contribution in [0.4, 0.5) is 11.4 Å². The normalized spacial score (nSPS) is 11.9. The van der Waals surface area contributed by atoms with Crippen molar-refractivity contribution in [1.82, 2.24) is 4.98 Å². The molecule has 0 saturated heterocycles. The molecule has 0 bridgehead atoms. The molecule has 0 N–H and O–H groups in total. The molecule has 0 radical (unpaired) electrons. The fourth-order valence-corrected chi connectivity index (χ4v) is 2.51. The Kier molecular flexibility index (Phi) is 4.64. The van der Waals surface area contributed by atoms with Crippen molar-refractivity contribution in [2.75, 3.05) is 18.2 Å². The molecule has 1 unspecified atom stereocenters. The maximum absolute atomic E-state index is 11.3. The largest absolute Gasteiger partial charge is 0.365 e. The first-order valence-electron chi connectivity index (χ1n) is 6.21. The van der Waals surface area contributed by atoms with Crippen LogP contribution in [0.5, 0.6) is 0 Å². The molecule has 1 aromatic heterocycles. The standard InChI is InChI=1S/C14H15N3O3S/c1-16(13-7-8-15-9-14(13)17(18)19)10-11-3-5-12(6-4-11)21(2)20/h3-9H,10H2,1-2H3. The molecular weight excluding hydrogens is 290 g/mol. The van der Waals surface area contributed by atoms with Gasteiger partial charge in [-0.25, -0.2) is 0 Å². The molecule has 2 rings (SSSR count). The predicted octanol–water partition coefficient (Wildman–Crippen LogP) is 2.36. The van der Waals surface area contributed by atoms with E-state index in [1.807, 2.05) is 12.1 Å². The van der Waals surface area contributed by atoms with Gasteiger partial charge in [-0.1, -0.05) is 12.1 Å². The minimum Gasteiger partial charge on any atom is -0.365 e. The van der Waals surface area contributed by atoms with E-state index in [4.69, 9.17) is 0 Å². The van der Waals surface area contributed by atoms with Gasteiger partial charge in [0.2, 0.25) is 0 Å². The zero-order chi connectivity index (χ0) is 15.4. The average Bonchev–Trinajstić information content (AvgIpc) is 2.47. The molecule has 7 heteroatoms. The van der Waals surface area contributed by atoms with Crippen LogP contribution >= 0.6 is 0 Å². The molecule has 2 aromatic rings. The van der Waals surface area contributed by atoms with Crippen molar-refractivity contribution in [2.45, 2.75) is 11.4 Å². The van der Waals surface area contributed by atoms with Crippen molar-refractivity contribution in [3.8, 4) is 0 Å². The lowest BCUT2D eigenvalue weighted by Gasteiger charge is -2.19. The van der Waals surface area contributed by atoms with E-state index in [1.165, 1.54) is 12.4 Å². The second-order valence-corrected chi connectivity index (χ2v) is 5.96. The Morgan fingerprint density at radius 1 is 1.29 bits per heavy atom. The Morgan fingerprint density at radius 2 is 1.95 bits per heavy atom. The number of rotatable bonds is 5. The number of hydrogen-bond donors (Lipinski definition) is 0. The van der Waals surface area contributed by atoms with Crippen LogP contribution in [0, 0.1) is 10.1 Å². The van der Waals surface area contributed by atoms with Gasteiger partial charge in [0.1, 0.15) is 11.9 Å². The maximum Gasteiger partial charge on any atom is 0.310 e. The first kappa shape index (κ1) is 15.1. The third-order valence-corrected chi connectivity index (χ3v) is 4.00. The van der Waals surface area contributed by atoms with E-state index in [2.05, 4.69) is 4.98 Å². The second kappa shape index (κ2) is 6.45. The lowest BCUT2D eigenvalue weighted by atomic mass is 10.2. The average molecular weight is 305 g/mol. The Morgan fingerprint density at radius 3 is 2.52 bits per heavy atom. The molecule has 21 heavy (non-hydrogen) atoms. The van der Waals surface area contributed by atoms with Crippen LogP contribution in [0.1, 0.15) is 5.56 Å². The third-order valence-electron chi connectivity index (χ3n) is 3.06. The molecule has 0 aliphatic rings. The van der Waals surface area contributed by atoms with Gasteiger partial charge >= 0.3 is 5.69 Å². The van der Waals surface area contributed by atoms with Gasteiger partial charge < -0.3 is 4.90 Å². The van der Waals surface area contributed by atoms with Crippen molar-refractivity contribution in [2.24, 2.45) is 0 Å². The predicted molar refractivity (Wildman–Crippen MR) is 81.8 cm³/mol. The number of anilines is 1. The molecule has 1 aromatic carbocycles. The Labute approximate surface area is 125 Å². The number of aromatic nitrogens is 1. The molecule has 0 aliphatic carbocycles. The summed E-state index contributed by atoms with van der Waals surface area (Å²) in [5, 5.41) is 11.0. The molecule has 0 spiro atoms. The van der Waals surface area contributed by atoms with Gasteiger partial charge in [0.05, 0.1) is 4.92 Å². The molecule has 0 saturated carbocycles. The summed E-state index contributed by atoms with van der Waals surface area (Å²) in [5.41, 5.74) is 1.47. The highest BCUT2D eigenvalue weighted by molar-refractivity contribution is 7.84. The lowest BCUT2D eigenvalue weighted by molar-refractivity contribution is -0.384. The molecular formula is C14H15N3O3S. The molecule has 0 aliphatic heterocycles. The fourth-order valence-electron chi connectivity index (χ4n) is 1.99. The van der Waals surface area contributed by atoms with E-state index in [0.29, 0.717) is 12.2 Å². The zero-order valence-electron chi connectivity index (χ0n) is 11.7. The summed E-state index contributed by atoms with van der Waals surface area (Å²) < 4.78 is 11.3. The van der Waals surface area contributed by atoms with E-state index >= 15 is 0 Å². The minimum atomic E-state index is -1.01. The van der Waals surface area contributed by atoms with Gasteiger partial charge in [0, 0.05) is 41.7 Å². The number of nitrogens with zero attached hydrogens (tertiary/aromatic N) is 3. The van der Waals surface area contributed by atoms with Crippen LogP contribution in [0.3, 0.4) is 0 Å². The summed E-state index contributed by atoms with van der Waals surface area (Å²) in [6.45, 7) is 0.515. The van der Waals surface area contributed by atoms with Gasteiger partial charge in [0.15, 0.2) is 0 Å². The fraction of sp³-hybridized carbons (Fsp3) is 0.214. The van der Waals surface area contributed by atoms with Gasteiger partial charge in [-0.3, -0.25) is 19.3 Å². The third kappa shape index (κ3) is 3.63. The molecule has 0 amide bonds. The highest BCUT2D eigenvalue weighted by Crippen LogP contribution is 2.26. The Bertz CT molecular complexity index is 673. The SMILES string of the molecule is CN(Cc1ccc(S(C)=O)cc1)c1ccncc1[N+](=O)[O-]. The van der Waals surface area contributed by atoms with Crippen molar-refractivity contribution in [1.29, 1.82) is 0 Å². The molecule has 1 atom stereocenters. The molecule has 0 fully saturated rings. The van der Waals surface area contributed by atoms with E-state index in [9.17, 15) is 14.3 Å². The van der Waals surface area contributed by atoms with Gasteiger partial charge in [-0.05, 0) is 23.8 Å². The number of pyridine rings is 1. The zero-order valence-corrected chi connectivity index (χ0v) is 12.5. The van der Waals surface area contributed by atoms with Crippen molar-refractivity contribution in [3.63, 3.8) is 0 Å². The quantitative estimate of drug-likeness (QED) is 0.626. The summed E-state index contributed by atoms with van der Waals surface area (Å²) in [5.74, 6) is 0. The first-order valence-corrected chi connectivity index (χ1v) is 7.76. The van der Waals surface area contributed by atoms with E-state index in [0.717, 1.165) is 10.5 Å². The van der Waals surface area contributed by atoms with E-state index < -0.39 is 15.7 Å². The van der Waals surface area contributed by atoms with E-state index in [1.54, 1.807) is 36.4 Å². The molecule has 110 valence electrons. The first-order chi connectivity index (χ1) is 9.99.